The molecular weight excluding hydrogens is 221 g/mol. The number of carbonyl (C=O) groups excluding carboxylic acids is 1. The molecule has 0 radical (unpaired) electrons. The lowest BCUT2D eigenvalue weighted by atomic mass is 10.0. The molecule has 2 aromatic rings. The maximum atomic E-state index is 13.0. The summed E-state index contributed by atoms with van der Waals surface area (Å²) in [5.74, 6) is -0.834. The van der Waals surface area contributed by atoms with Crippen LogP contribution in [0.1, 0.15) is 27.3 Å². The fourth-order valence-electron chi connectivity index (χ4n) is 1.47. The molecule has 0 spiro atoms. The van der Waals surface area contributed by atoms with Crippen LogP contribution in [-0.4, -0.2) is 21.0 Å². The molecule has 2 heterocycles. The largest absolute Gasteiger partial charge is 0.288 e. The van der Waals surface area contributed by atoms with Gasteiger partial charge in [0.15, 0.2) is 5.78 Å². The summed E-state index contributed by atoms with van der Waals surface area (Å²) in [5.41, 5.74) is 1.79. The minimum atomic E-state index is -0.535. The third-order valence-corrected chi connectivity index (χ3v) is 2.31. The highest BCUT2D eigenvalue weighted by molar-refractivity contribution is 6.09. The average molecular weight is 231 g/mol. The lowest BCUT2D eigenvalue weighted by Crippen LogP contribution is -2.07. The van der Waals surface area contributed by atoms with Gasteiger partial charge in [0.05, 0.1) is 17.6 Å². The summed E-state index contributed by atoms with van der Waals surface area (Å²) >= 11 is 0. The number of carbonyl (C=O) groups is 1. The highest BCUT2D eigenvalue weighted by atomic mass is 19.1. The van der Waals surface area contributed by atoms with E-state index in [-0.39, 0.29) is 11.3 Å². The SMILES string of the molecule is Cc1cc(C(=O)c2cncc(F)c2)c(C)nn1. The zero-order chi connectivity index (χ0) is 12.4. The van der Waals surface area contributed by atoms with Gasteiger partial charge in [-0.15, -0.1) is 0 Å². The fraction of sp³-hybridized carbons (Fsp3) is 0.167. The maximum absolute atomic E-state index is 13.0. The van der Waals surface area contributed by atoms with E-state index in [1.165, 1.54) is 6.20 Å². The van der Waals surface area contributed by atoms with Crippen LogP contribution < -0.4 is 0 Å². The summed E-state index contributed by atoms with van der Waals surface area (Å²) in [6.07, 6.45) is 2.39. The van der Waals surface area contributed by atoms with Gasteiger partial charge in [-0.2, -0.15) is 10.2 Å². The monoisotopic (exact) mass is 231 g/mol. The molecule has 0 aliphatic heterocycles. The van der Waals surface area contributed by atoms with Crippen molar-refractivity contribution in [1.29, 1.82) is 0 Å². The van der Waals surface area contributed by atoms with Crippen molar-refractivity contribution in [2.75, 3.05) is 0 Å². The zero-order valence-electron chi connectivity index (χ0n) is 9.44. The molecule has 0 aromatic carbocycles. The van der Waals surface area contributed by atoms with E-state index in [0.29, 0.717) is 17.0 Å². The quantitative estimate of drug-likeness (QED) is 0.740. The van der Waals surface area contributed by atoms with Crippen LogP contribution in [0.5, 0.6) is 0 Å². The Morgan fingerprint density at radius 1 is 1.18 bits per heavy atom. The second-order valence-corrected chi connectivity index (χ2v) is 3.71. The number of halogens is 1. The van der Waals surface area contributed by atoms with E-state index in [1.54, 1.807) is 19.9 Å². The molecule has 0 bridgehead atoms. The summed E-state index contributed by atoms with van der Waals surface area (Å²) in [5, 5.41) is 7.70. The van der Waals surface area contributed by atoms with E-state index < -0.39 is 5.82 Å². The molecule has 17 heavy (non-hydrogen) atoms. The fourth-order valence-corrected chi connectivity index (χ4v) is 1.47. The van der Waals surface area contributed by atoms with Crippen molar-refractivity contribution < 1.29 is 9.18 Å². The zero-order valence-corrected chi connectivity index (χ0v) is 9.44. The molecule has 0 aliphatic rings. The number of pyridine rings is 1. The van der Waals surface area contributed by atoms with Crippen LogP contribution in [0, 0.1) is 19.7 Å². The van der Waals surface area contributed by atoms with Crippen molar-refractivity contribution in [1.82, 2.24) is 15.2 Å². The molecule has 2 aromatic heterocycles. The first kappa shape index (κ1) is 11.3. The lowest BCUT2D eigenvalue weighted by Gasteiger charge is -2.04. The van der Waals surface area contributed by atoms with Crippen LogP contribution in [-0.2, 0) is 0 Å². The van der Waals surface area contributed by atoms with Crippen molar-refractivity contribution >= 4 is 5.78 Å². The van der Waals surface area contributed by atoms with Crippen molar-refractivity contribution in [2.24, 2.45) is 0 Å². The summed E-state index contributed by atoms with van der Waals surface area (Å²) < 4.78 is 13.0. The highest BCUT2D eigenvalue weighted by Crippen LogP contribution is 2.12. The van der Waals surface area contributed by atoms with Crippen LogP contribution in [0.2, 0.25) is 0 Å². The maximum Gasteiger partial charge on any atom is 0.196 e. The standard InChI is InChI=1S/C12H10FN3O/c1-7-3-11(8(2)16-15-7)12(17)9-4-10(13)6-14-5-9/h3-6H,1-2H3. The summed E-state index contributed by atoms with van der Waals surface area (Å²) in [6, 6.07) is 2.79. The molecular formula is C12H10FN3O. The molecule has 0 fully saturated rings. The Kier molecular flexibility index (Phi) is 2.91. The van der Waals surface area contributed by atoms with E-state index in [0.717, 1.165) is 12.3 Å². The molecule has 0 atom stereocenters. The van der Waals surface area contributed by atoms with Gasteiger partial charge in [0, 0.05) is 17.3 Å². The predicted octanol–water partition coefficient (Wildman–Crippen LogP) is 1.86. The Bertz CT molecular complexity index is 584. The molecule has 86 valence electrons. The van der Waals surface area contributed by atoms with Crippen LogP contribution in [0.15, 0.2) is 24.5 Å². The first-order valence-electron chi connectivity index (χ1n) is 5.04. The van der Waals surface area contributed by atoms with Crippen molar-refractivity contribution in [3.8, 4) is 0 Å². The van der Waals surface area contributed by atoms with Gasteiger partial charge in [0.1, 0.15) is 5.82 Å². The second kappa shape index (κ2) is 4.37. The topological polar surface area (TPSA) is 55.7 Å². The summed E-state index contributed by atoms with van der Waals surface area (Å²) in [6.45, 7) is 3.43. The molecule has 5 heteroatoms. The van der Waals surface area contributed by atoms with Crippen LogP contribution >= 0.6 is 0 Å². The molecule has 2 rings (SSSR count). The van der Waals surface area contributed by atoms with Crippen LogP contribution in [0.25, 0.3) is 0 Å². The molecule has 0 aliphatic carbocycles. The Morgan fingerprint density at radius 3 is 2.65 bits per heavy atom. The van der Waals surface area contributed by atoms with Gasteiger partial charge >= 0.3 is 0 Å². The number of nitrogens with zero attached hydrogens (tertiary/aromatic N) is 3. The van der Waals surface area contributed by atoms with E-state index >= 15 is 0 Å². The number of aryl methyl sites for hydroxylation is 2. The Hall–Kier alpha value is -2.17. The number of hydrogen-bond acceptors (Lipinski definition) is 4. The predicted molar refractivity (Wildman–Crippen MR) is 59.1 cm³/mol. The van der Waals surface area contributed by atoms with Crippen molar-refractivity contribution in [3.05, 3.63) is 52.9 Å². The van der Waals surface area contributed by atoms with Crippen molar-refractivity contribution in [2.45, 2.75) is 13.8 Å². The minimum absolute atomic E-state index is 0.209. The molecule has 0 saturated carbocycles. The second-order valence-electron chi connectivity index (χ2n) is 3.71. The number of hydrogen-bond donors (Lipinski definition) is 0. The average Bonchev–Trinajstić information content (AvgIpc) is 2.31. The van der Waals surface area contributed by atoms with E-state index in [9.17, 15) is 9.18 Å². The minimum Gasteiger partial charge on any atom is -0.288 e. The summed E-state index contributed by atoms with van der Waals surface area (Å²) in [4.78, 5) is 15.7. The molecule has 0 amide bonds. The van der Waals surface area contributed by atoms with Gasteiger partial charge in [0.25, 0.3) is 0 Å². The highest BCUT2D eigenvalue weighted by Gasteiger charge is 2.14. The molecule has 0 unspecified atom stereocenters. The molecule has 0 saturated heterocycles. The first-order valence-corrected chi connectivity index (χ1v) is 5.04. The number of rotatable bonds is 2. The number of ketones is 1. The third kappa shape index (κ3) is 2.33. The van der Waals surface area contributed by atoms with E-state index in [1.807, 2.05) is 0 Å². The number of aromatic nitrogens is 3. The molecule has 4 nitrogen and oxygen atoms in total. The van der Waals surface area contributed by atoms with Gasteiger partial charge in [-0.05, 0) is 26.0 Å². The summed E-state index contributed by atoms with van der Waals surface area (Å²) in [7, 11) is 0. The normalized spacial score (nSPS) is 10.3. The van der Waals surface area contributed by atoms with E-state index in [4.69, 9.17) is 0 Å². The van der Waals surface area contributed by atoms with Gasteiger partial charge in [-0.25, -0.2) is 4.39 Å². The van der Waals surface area contributed by atoms with Crippen molar-refractivity contribution in [3.63, 3.8) is 0 Å². The van der Waals surface area contributed by atoms with Gasteiger partial charge in [-0.3, -0.25) is 9.78 Å². The smallest absolute Gasteiger partial charge is 0.196 e. The van der Waals surface area contributed by atoms with Crippen LogP contribution in [0.4, 0.5) is 4.39 Å². The van der Waals surface area contributed by atoms with Crippen LogP contribution in [0.3, 0.4) is 0 Å². The Morgan fingerprint density at radius 2 is 1.94 bits per heavy atom. The van der Waals surface area contributed by atoms with E-state index in [2.05, 4.69) is 15.2 Å². The molecule has 0 N–H and O–H groups in total. The lowest BCUT2D eigenvalue weighted by molar-refractivity contribution is 0.103. The van der Waals surface area contributed by atoms with Gasteiger partial charge in [-0.1, -0.05) is 0 Å². The third-order valence-electron chi connectivity index (χ3n) is 2.31. The van der Waals surface area contributed by atoms with Gasteiger partial charge in [0.2, 0.25) is 0 Å². The van der Waals surface area contributed by atoms with Gasteiger partial charge < -0.3 is 0 Å². The Labute approximate surface area is 97.5 Å². The Balaban J connectivity index is 2.47. The first-order chi connectivity index (χ1) is 8.08.